The van der Waals surface area contributed by atoms with Crippen LogP contribution in [0.1, 0.15) is 64.7 Å². The Bertz CT molecular complexity index is 305. The normalized spacial score (nSPS) is 30.2. The second-order valence-corrected chi connectivity index (χ2v) is 6.32. The number of nitrogens with one attached hydrogen (secondary N) is 2. The zero-order valence-corrected chi connectivity index (χ0v) is 12.1. The van der Waals surface area contributed by atoms with Crippen molar-refractivity contribution in [2.45, 2.75) is 75.8 Å². The Morgan fingerprint density at radius 1 is 1.21 bits per heavy atom. The molecule has 0 spiro atoms. The number of aliphatic hydroxyl groups is 1. The summed E-state index contributed by atoms with van der Waals surface area (Å²) in [6.07, 6.45) is 9.15. The molecule has 1 saturated carbocycles. The molecule has 3 N–H and O–H groups in total. The average molecular weight is 268 g/mol. The van der Waals surface area contributed by atoms with Crippen LogP contribution in [-0.4, -0.2) is 35.2 Å². The largest absolute Gasteiger partial charge is 0.394 e. The van der Waals surface area contributed by atoms with Crippen LogP contribution in [0.2, 0.25) is 0 Å². The van der Waals surface area contributed by atoms with Gasteiger partial charge in [-0.15, -0.1) is 0 Å². The van der Waals surface area contributed by atoms with E-state index in [0.29, 0.717) is 0 Å². The van der Waals surface area contributed by atoms with E-state index < -0.39 is 0 Å². The second kappa shape index (κ2) is 6.23. The van der Waals surface area contributed by atoms with E-state index in [2.05, 4.69) is 17.6 Å². The Balaban J connectivity index is 2.05. The minimum absolute atomic E-state index is 0.0704. The third-order valence-electron chi connectivity index (χ3n) is 4.85. The topological polar surface area (TPSA) is 61.4 Å². The highest BCUT2D eigenvalue weighted by atomic mass is 16.3. The predicted octanol–water partition coefficient (Wildman–Crippen LogP) is 1.72. The van der Waals surface area contributed by atoms with E-state index in [1.165, 1.54) is 6.42 Å². The lowest BCUT2D eigenvalue weighted by Gasteiger charge is -2.40. The summed E-state index contributed by atoms with van der Waals surface area (Å²) in [5, 5.41) is 16.3. The van der Waals surface area contributed by atoms with Gasteiger partial charge in [0, 0.05) is 0 Å². The first-order valence-electron chi connectivity index (χ1n) is 7.85. The Morgan fingerprint density at radius 2 is 1.95 bits per heavy atom. The summed E-state index contributed by atoms with van der Waals surface area (Å²) in [5.74, 6) is 0.114. The van der Waals surface area contributed by atoms with Gasteiger partial charge < -0.3 is 15.7 Å². The second-order valence-electron chi connectivity index (χ2n) is 6.32. The number of rotatable bonds is 5. The Labute approximate surface area is 116 Å². The Hall–Kier alpha value is -0.610. The fourth-order valence-electron chi connectivity index (χ4n) is 3.67. The van der Waals surface area contributed by atoms with Crippen molar-refractivity contribution < 1.29 is 9.90 Å². The van der Waals surface area contributed by atoms with Crippen molar-refractivity contribution >= 4 is 5.91 Å². The molecule has 0 bridgehead atoms. The minimum Gasteiger partial charge on any atom is -0.394 e. The summed E-state index contributed by atoms with van der Waals surface area (Å²) in [6.45, 7) is 3.12. The molecule has 1 atom stereocenters. The molecule has 110 valence electrons. The lowest BCUT2D eigenvalue weighted by molar-refractivity contribution is -0.130. The highest BCUT2D eigenvalue weighted by molar-refractivity contribution is 5.87. The SMILES string of the molecule is CCCC1(C(=O)NC2(CO)CCCCC2)CCCN1. The molecule has 0 radical (unpaired) electrons. The maximum absolute atomic E-state index is 12.7. The summed E-state index contributed by atoms with van der Waals surface area (Å²) in [5.41, 5.74) is -0.741. The lowest BCUT2D eigenvalue weighted by Crippen LogP contribution is -2.61. The molecule has 1 amide bonds. The lowest BCUT2D eigenvalue weighted by atomic mass is 9.80. The van der Waals surface area contributed by atoms with Crippen LogP contribution in [0.25, 0.3) is 0 Å². The van der Waals surface area contributed by atoms with Crippen LogP contribution in [-0.2, 0) is 4.79 Å². The highest BCUT2D eigenvalue weighted by Gasteiger charge is 2.43. The smallest absolute Gasteiger partial charge is 0.240 e. The Morgan fingerprint density at radius 3 is 2.47 bits per heavy atom. The molecule has 0 aromatic rings. The first kappa shape index (κ1) is 14.8. The van der Waals surface area contributed by atoms with Gasteiger partial charge in [-0.25, -0.2) is 0 Å². The van der Waals surface area contributed by atoms with Crippen LogP contribution in [0.4, 0.5) is 0 Å². The molecule has 0 aromatic carbocycles. The van der Waals surface area contributed by atoms with E-state index in [4.69, 9.17) is 0 Å². The van der Waals surface area contributed by atoms with Gasteiger partial charge in [0.1, 0.15) is 0 Å². The standard InChI is InChI=1S/C15H28N2O2/c1-2-7-15(10-6-11-16-15)13(19)17-14(12-18)8-4-3-5-9-14/h16,18H,2-12H2,1H3,(H,17,19). The molecule has 4 nitrogen and oxygen atoms in total. The molecular weight excluding hydrogens is 240 g/mol. The molecule has 1 unspecified atom stereocenters. The summed E-state index contributed by atoms with van der Waals surface area (Å²) in [4.78, 5) is 12.7. The summed E-state index contributed by atoms with van der Waals surface area (Å²) in [7, 11) is 0. The molecule has 1 aliphatic heterocycles. The molecule has 2 aliphatic rings. The van der Waals surface area contributed by atoms with Crippen molar-refractivity contribution in [3.05, 3.63) is 0 Å². The van der Waals surface area contributed by atoms with Crippen molar-refractivity contribution in [2.24, 2.45) is 0 Å². The van der Waals surface area contributed by atoms with Gasteiger partial charge in [0.2, 0.25) is 5.91 Å². The molecule has 2 fully saturated rings. The number of aliphatic hydroxyl groups excluding tert-OH is 1. The minimum atomic E-state index is -0.381. The fourth-order valence-corrected chi connectivity index (χ4v) is 3.67. The molecular formula is C15H28N2O2. The van der Waals surface area contributed by atoms with Gasteiger partial charge in [-0.1, -0.05) is 32.6 Å². The van der Waals surface area contributed by atoms with Gasteiger partial charge in [-0.05, 0) is 38.6 Å². The van der Waals surface area contributed by atoms with Crippen LogP contribution < -0.4 is 10.6 Å². The Kier molecular flexibility index (Phi) is 4.85. The van der Waals surface area contributed by atoms with Crippen LogP contribution >= 0.6 is 0 Å². The van der Waals surface area contributed by atoms with Gasteiger partial charge in [0.25, 0.3) is 0 Å². The van der Waals surface area contributed by atoms with E-state index in [1.807, 2.05) is 0 Å². The van der Waals surface area contributed by atoms with E-state index in [9.17, 15) is 9.90 Å². The molecule has 0 aromatic heterocycles. The van der Waals surface area contributed by atoms with Gasteiger partial charge >= 0.3 is 0 Å². The third-order valence-corrected chi connectivity index (χ3v) is 4.85. The van der Waals surface area contributed by atoms with Gasteiger partial charge in [0.15, 0.2) is 0 Å². The number of amides is 1. The summed E-state index contributed by atoms with van der Waals surface area (Å²) >= 11 is 0. The maximum Gasteiger partial charge on any atom is 0.240 e. The van der Waals surface area contributed by atoms with Gasteiger partial charge in [-0.2, -0.15) is 0 Å². The monoisotopic (exact) mass is 268 g/mol. The zero-order chi connectivity index (χ0) is 13.8. The first-order chi connectivity index (χ1) is 9.16. The van der Waals surface area contributed by atoms with E-state index in [0.717, 1.165) is 57.9 Å². The first-order valence-corrected chi connectivity index (χ1v) is 7.85. The van der Waals surface area contributed by atoms with Crippen LogP contribution in [0.3, 0.4) is 0 Å². The van der Waals surface area contributed by atoms with Crippen LogP contribution in [0.5, 0.6) is 0 Å². The van der Waals surface area contributed by atoms with E-state index >= 15 is 0 Å². The van der Waals surface area contributed by atoms with Crippen LogP contribution in [0.15, 0.2) is 0 Å². The maximum atomic E-state index is 12.7. The van der Waals surface area contributed by atoms with Crippen molar-refractivity contribution in [2.75, 3.05) is 13.2 Å². The highest BCUT2D eigenvalue weighted by Crippen LogP contribution is 2.31. The number of carbonyl (C=O) groups is 1. The van der Waals surface area contributed by atoms with Crippen molar-refractivity contribution in [1.82, 2.24) is 10.6 Å². The van der Waals surface area contributed by atoms with Gasteiger partial charge in [0.05, 0.1) is 17.7 Å². The van der Waals surface area contributed by atoms with Gasteiger partial charge in [-0.3, -0.25) is 4.79 Å². The van der Waals surface area contributed by atoms with E-state index in [1.54, 1.807) is 0 Å². The molecule has 2 rings (SSSR count). The molecule has 1 heterocycles. The molecule has 19 heavy (non-hydrogen) atoms. The number of hydrogen-bond acceptors (Lipinski definition) is 3. The zero-order valence-electron chi connectivity index (χ0n) is 12.1. The molecule has 1 aliphatic carbocycles. The average Bonchev–Trinajstić information content (AvgIpc) is 2.90. The van der Waals surface area contributed by atoms with Crippen molar-refractivity contribution in [3.63, 3.8) is 0 Å². The fraction of sp³-hybridized carbons (Fsp3) is 0.933. The van der Waals surface area contributed by atoms with E-state index in [-0.39, 0.29) is 23.6 Å². The van der Waals surface area contributed by atoms with Crippen molar-refractivity contribution in [3.8, 4) is 0 Å². The van der Waals surface area contributed by atoms with Crippen LogP contribution in [0, 0.1) is 0 Å². The number of hydrogen-bond donors (Lipinski definition) is 3. The summed E-state index contributed by atoms with van der Waals surface area (Å²) < 4.78 is 0. The molecule has 4 heteroatoms. The number of carbonyl (C=O) groups excluding carboxylic acids is 1. The molecule has 1 saturated heterocycles. The predicted molar refractivity (Wildman–Crippen MR) is 75.9 cm³/mol. The quantitative estimate of drug-likeness (QED) is 0.711. The van der Waals surface area contributed by atoms with Crippen molar-refractivity contribution in [1.29, 1.82) is 0 Å². The summed E-state index contributed by atoms with van der Waals surface area (Å²) in [6, 6.07) is 0. The third kappa shape index (κ3) is 3.11.